The molecule has 0 saturated heterocycles. The highest BCUT2D eigenvalue weighted by Crippen LogP contribution is 2.23. The van der Waals surface area contributed by atoms with E-state index < -0.39 is 17.9 Å². The molecule has 3 aromatic rings. The number of pyridine rings is 2. The number of aromatic nitrogens is 2. The number of halogens is 2. The number of urea groups is 1. The van der Waals surface area contributed by atoms with Gasteiger partial charge in [-0.15, -0.1) is 0 Å². The molecule has 0 saturated carbocycles. The number of rotatable bonds is 6. The third-order valence-electron chi connectivity index (χ3n) is 4.30. The van der Waals surface area contributed by atoms with E-state index >= 15 is 0 Å². The summed E-state index contributed by atoms with van der Waals surface area (Å²) < 4.78 is 13.3. The lowest BCUT2D eigenvalue weighted by atomic mass is 10.1. The average molecular weight is 427 g/mol. The molecule has 2 aromatic heterocycles. The first-order valence-electron chi connectivity index (χ1n) is 9.08. The first-order valence-corrected chi connectivity index (χ1v) is 9.46. The van der Waals surface area contributed by atoms with Crippen LogP contribution < -0.4 is 16.0 Å². The highest BCUT2D eigenvalue weighted by molar-refractivity contribution is 6.30. The van der Waals surface area contributed by atoms with Crippen LogP contribution >= 0.6 is 11.6 Å². The number of nitrogens with zero attached hydrogens (tertiary/aromatic N) is 2. The lowest BCUT2D eigenvalue weighted by Gasteiger charge is -2.16. The van der Waals surface area contributed by atoms with Gasteiger partial charge < -0.3 is 16.0 Å². The van der Waals surface area contributed by atoms with Crippen LogP contribution in [0.4, 0.5) is 26.4 Å². The Balaban J connectivity index is 1.67. The van der Waals surface area contributed by atoms with E-state index in [0.717, 1.165) is 11.4 Å². The maximum atomic E-state index is 13.3. The number of aryl methyl sites for hydroxylation is 1. The van der Waals surface area contributed by atoms with Crippen molar-refractivity contribution in [3.8, 4) is 0 Å². The normalized spacial score (nSPS) is 11.5. The van der Waals surface area contributed by atoms with Crippen molar-refractivity contribution in [1.29, 1.82) is 5.41 Å². The van der Waals surface area contributed by atoms with Crippen LogP contribution in [0.15, 0.2) is 48.8 Å². The van der Waals surface area contributed by atoms with Crippen LogP contribution in [0.2, 0.25) is 5.02 Å². The van der Waals surface area contributed by atoms with Crippen molar-refractivity contribution in [1.82, 2.24) is 15.3 Å². The zero-order valence-corrected chi connectivity index (χ0v) is 17.1. The molecule has 0 fully saturated rings. The quantitative estimate of drug-likeness (QED) is 0.406. The summed E-state index contributed by atoms with van der Waals surface area (Å²) in [5, 5.41) is 16.2. The van der Waals surface area contributed by atoms with Crippen LogP contribution in [0.3, 0.4) is 0 Å². The summed E-state index contributed by atoms with van der Waals surface area (Å²) in [5.74, 6) is -0.233. The number of hydrogen-bond acceptors (Lipinski definition) is 5. The van der Waals surface area contributed by atoms with E-state index in [9.17, 15) is 9.18 Å². The largest absolute Gasteiger partial charge is 0.354 e. The Bertz CT molecular complexity index is 1090. The summed E-state index contributed by atoms with van der Waals surface area (Å²) in [5.41, 5.74) is 3.51. The summed E-state index contributed by atoms with van der Waals surface area (Å²) in [6, 6.07) is 8.65. The SMILES string of the molecule is Cc1cc(Nc2cnc(NC(=O)NC(C)c3ccc(F)c(Cl)c3)cc2C=N)ccn1. The second-order valence-corrected chi connectivity index (χ2v) is 7.01. The van der Waals surface area contributed by atoms with Crippen LogP contribution in [0.5, 0.6) is 0 Å². The molecule has 0 aliphatic rings. The van der Waals surface area contributed by atoms with Gasteiger partial charge in [0.15, 0.2) is 0 Å². The summed E-state index contributed by atoms with van der Waals surface area (Å²) >= 11 is 5.80. The van der Waals surface area contributed by atoms with Crippen molar-refractivity contribution in [2.24, 2.45) is 0 Å². The summed E-state index contributed by atoms with van der Waals surface area (Å²) in [6.45, 7) is 3.64. The topological polar surface area (TPSA) is 103 Å². The van der Waals surface area contributed by atoms with Crippen molar-refractivity contribution in [2.75, 3.05) is 10.6 Å². The van der Waals surface area contributed by atoms with E-state index in [1.54, 1.807) is 25.3 Å². The number of carbonyl (C=O) groups is 1. The minimum Gasteiger partial charge on any atom is -0.354 e. The zero-order chi connectivity index (χ0) is 21.7. The maximum Gasteiger partial charge on any atom is 0.320 e. The molecule has 1 unspecified atom stereocenters. The van der Waals surface area contributed by atoms with Crippen LogP contribution in [-0.4, -0.2) is 22.2 Å². The Labute approximate surface area is 178 Å². The molecule has 2 amide bonds. The summed E-state index contributed by atoms with van der Waals surface area (Å²) in [6.07, 6.45) is 4.39. The zero-order valence-electron chi connectivity index (χ0n) is 16.3. The highest BCUT2D eigenvalue weighted by atomic mass is 35.5. The van der Waals surface area contributed by atoms with E-state index in [0.29, 0.717) is 16.8 Å². The predicted molar refractivity (Wildman–Crippen MR) is 116 cm³/mol. The highest BCUT2D eigenvalue weighted by Gasteiger charge is 2.13. The Kier molecular flexibility index (Phi) is 6.58. The Morgan fingerprint density at radius 1 is 1.23 bits per heavy atom. The third kappa shape index (κ3) is 5.30. The summed E-state index contributed by atoms with van der Waals surface area (Å²) in [7, 11) is 0. The van der Waals surface area contributed by atoms with Gasteiger partial charge in [-0.3, -0.25) is 10.3 Å². The molecule has 1 atom stereocenters. The second-order valence-electron chi connectivity index (χ2n) is 6.61. The molecule has 1 aromatic carbocycles. The minimum absolute atomic E-state index is 0.00803. The minimum atomic E-state index is -0.518. The lowest BCUT2D eigenvalue weighted by molar-refractivity contribution is 0.249. The van der Waals surface area contributed by atoms with Gasteiger partial charge in [0.1, 0.15) is 11.6 Å². The molecule has 0 radical (unpaired) electrons. The van der Waals surface area contributed by atoms with Crippen molar-refractivity contribution in [3.63, 3.8) is 0 Å². The van der Waals surface area contributed by atoms with Crippen LogP contribution in [0.25, 0.3) is 0 Å². The molecule has 2 heterocycles. The van der Waals surface area contributed by atoms with Gasteiger partial charge >= 0.3 is 6.03 Å². The van der Waals surface area contributed by atoms with Gasteiger partial charge in [0.05, 0.1) is 22.9 Å². The van der Waals surface area contributed by atoms with Gasteiger partial charge in [-0.05, 0) is 49.7 Å². The predicted octanol–water partition coefficient (Wildman–Crippen LogP) is 5.20. The fraction of sp³-hybridized carbons (Fsp3) is 0.143. The lowest BCUT2D eigenvalue weighted by Crippen LogP contribution is -2.31. The Morgan fingerprint density at radius 3 is 2.73 bits per heavy atom. The number of anilines is 3. The fourth-order valence-corrected chi connectivity index (χ4v) is 2.95. The van der Waals surface area contributed by atoms with Gasteiger partial charge in [-0.1, -0.05) is 17.7 Å². The Hall–Kier alpha value is -3.52. The first-order chi connectivity index (χ1) is 14.4. The molecular formula is C21H20ClFN6O. The molecule has 3 rings (SSSR count). The van der Waals surface area contributed by atoms with E-state index in [4.69, 9.17) is 17.0 Å². The smallest absolute Gasteiger partial charge is 0.320 e. The molecule has 0 aliphatic carbocycles. The van der Waals surface area contributed by atoms with Crippen LogP contribution in [0, 0.1) is 18.2 Å². The molecule has 0 bridgehead atoms. The van der Waals surface area contributed by atoms with Crippen molar-refractivity contribution in [2.45, 2.75) is 19.9 Å². The van der Waals surface area contributed by atoms with Gasteiger partial charge in [0, 0.05) is 29.4 Å². The molecule has 4 N–H and O–H groups in total. The van der Waals surface area contributed by atoms with Crippen molar-refractivity contribution in [3.05, 3.63) is 76.5 Å². The monoisotopic (exact) mass is 426 g/mol. The molecule has 154 valence electrons. The number of hydrogen-bond donors (Lipinski definition) is 4. The van der Waals surface area contributed by atoms with E-state index in [1.807, 2.05) is 19.1 Å². The molecule has 0 aliphatic heterocycles. The van der Waals surface area contributed by atoms with Gasteiger partial charge in [-0.25, -0.2) is 14.2 Å². The van der Waals surface area contributed by atoms with Gasteiger partial charge in [0.25, 0.3) is 0 Å². The number of amides is 2. The van der Waals surface area contributed by atoms with Crippen LogP contribution in [-0.2, 0) is 0 Å². The molecular weight excluding hydrogens is 407 g/mol. The average Bonchev–Trinajstić information content (AvgIpc) is 2.71. The van der Waals surface area contributed by atoms with Gasteiger partial charge in [-0.2, -0.15) is 0 Å². The van der Waals surface area contributed by atoms with Crippen molar-refractivity contribution >= 4 is 41.0 Å². The number of benzene rings is 1. The standard InChI is InChI=1S/C21H20ClFN6O/c1-12-7-16(5-6-25-12)28-19-11-26-20(9-15(19)10-24)29-21(30)27-13(2)14-3-4-18(23)17(22)8-14/h3-11,13,24H,1-2H3,(H,25,28)(H2,26,27,29,30). The molecule has 9 heteroatoms. The van der Waals surface area contributed by atoms with Gasteiger partial charge in [0.2, 0.25) is 0 Å². The second kappa shape index (κ2) is 9.32. The maximum absolute atomic E-state index is 13.3. The number of nitrogens with one attached hydrogen (secondary N) is 4. The van der Waals surface area contributed by atoms with Crippen LogP contribution in [0.1, 0.15) is 29.8 Å². The van der Waals surface area contributed by atoms with E-state index in [-0.39, 0.29) is 10.8 Å². The van der Waals surface area contributed by atoms with Crippen molar-refractivity contribution < 1.29 is 9.18 Å². The fourth-order valence-electron chi connectivity index (χ4n) is 2.76. The Morgan fingerprint density at radius 2 is 2.03 bits per heavy atom. The molecule has 30 heavy (non-hydrogen) atoms. The number of carbonyl (C=O) groups excluding carboxylic acids is 1. The summed E-state index contributed by atoms with van der Waals surface area (Å²) in [4.78, 5) is 20.7. The molecule has 0 spiro atoms. The van der Waals surface area contributed by atoms with E-state index in [2.05, 4.69) is 25.9 Å². The van der Waals surface area contributed by atoms with E-state index in [1.165, 1.54) is 24.5 Å². The molecule has 7 nitrogen and oxygen atoms in total. The third-order valence-corrected chi connectivity index (χ3v) is 4.59. The first kappa shape index (κ1) is 21.2.